The quantitative estimate of drug-likeness (QED) is 0.814. The fraction of sp³-hybridized carbons (Fsp3) is 0.273. The van der Waals surface area contributed by atoms with Gasteiger partial charge in [0.2, 0.25) is 0 Å². The molecule has 2 aromatic heterocycles. The molecule has 0 bridgehead atoms. The maximum Gasteiger partial charge on any atom is 0.0992 e. The highest BCUT2D eigenvalue weighted by atomic mass is 15.0. The lowest BCUT2D eigenvalue weighted by Crippen LogP contribution is -2.12. The minimum absolute atomic E-state index is 0.853. The van der Waals surface area contributed by atoms with Crippen molar-refractivity contribution >= 4 is 0 Å². The van der Waals surface area contributed by atoms with Crippen LogP contribution in [0.2, 0.25) is 0 Å². The molecule has 15 heavy (non-hydrogen) atoms. The summed E-state index contributed by atoms with van der Waals surface area (Å²) in [7, 11) is 0. The van der Waals surface area contributed by atoms with E-state index in [0.29, 0.717) is 0 Å². The van der Waals surface area contributed by atoms with E-state index in [9.17, 15) is 0 Å². The molecule has 0 aromatic carbocycles. The van der Waals surface area contributed by atoms with Gasteiger partial charge in [-0.2, -0.15) is 0 Å². The van der Waals surface area contributed by atoms with Crippen molar-refractivity contribution < 1.29 is 0 Å². The van der Waals surface area contributed by atoms with Crippen LogP contribution in [0.3, 0.4) is 0 Å². The zero-order chi connectivity index (χ0) is 10.5. The molecule has 78 valence electrons. The van der Waals surface area contributed by atoms with Crippen LogP contribution >= 0.6 is 0 Å². The summed E-state index contributed by atoms with van der Waals surface area (Å²) < 4.78 is 1.95. The summed E-state index contributed by atoms with van der Waals surface area (Å²) in [6, 6.07) is 2.11. The third-order valence-corrected chi connectivity index (χ3v) is 2.16. The number of aromatic nitrogens is 3. The van der Waals surface area contributed by atoms with Crippen molar-refractivity contribution in [3.8, 4) is 5.69 Å². The van der Waals surface area contributed by atoms with E-state index >= 15 is 0 Å². The molecule has 0 saturated heterocycles. The van der Waals surface area contributed by atoms with Crippen LogP contribution < -0.4 is 5.32 Å². The van der Waals surface area contributed by atoms with E-state index < -0.39 is 0 Å². The second-order valence-electron chi connectivity index (χ2n) is 3.30. The molecule has 4 nitrogen and oxygen atoms in total. The summed E-state index contributed by atoms with van der Waals surface area (Å²) >= 11 is 0. The van der Waals surface area contributed by atoms with Crippen molar-refractivity contribution in [3.05, 3.63) is 42.7 Å². The first-order valence-corrected chi connectivity index (χ1v) is 5.03. The number of nitrogens with zero attached hydrogens (tertiary/aromatic N) is 3. The second kappa shape index (κ2) is 4.70. The van der Waals surface area contributed by atoms with E-state index in [1.165, 1.54) is 5.56 Å². The minimum Gasteiger partial charge on any atom is -0.313 e. The van der Waals surface area contributed by atoms with Crippen LogP contribution in [0.4, 0.5) is 0 Å². The summed E-state index contributed by atoms with van der Waals surface area (Å²) in [4.78, 5) is 8.21. The topological polar surface area (TPSA) is 42.7 Å². The van der Waals surface area contributed by atoms with Gasteiger partial charge in [0.25, 0.3) is 0 Å². The average Bonchev–Trinajstić information content (AvgIpc) is 2.80. The lowest BCUT2D eigenvalue weighted by atomic mass is 10.2. The zero-order valence-corrected chi connectivity index (χ0v) is 8.72. The van der Waals surface area contributed by atoms with Crippen molar-refractivity contribution in [1.29, 1.82) is 0 Å². The molecule has 2 aromatic rings. The number of hydrogen-bond donors (Lipinski definition) is 1. The Morgan fingerprint density at radius 3 is 3.00 bits per heavy atom. The summed E-state index contributed by atoms with van der Waals surface area (Å²) in [5.74, 6) is 0. The van der Waals surface area contributed by atoms with E-state index in [0.717, 1.165) is 18.8 Å². The fourth-order valence-corrected chi connectivity index (χ4v) is 1.39. The Bertz CT molecular complexity index is 408. The Morgan fingerprint density at radius 2 is 2.27 bits per heavy atom. The summed E-state index contributed by atoms with van der Waals surface area (Å²) in [6.07, 6.45) is 9.15. The summed E-state index contributed by atoms with van der Waals surface area (Å²) in [6.45, 7) is 3.91. The molecule has 0 saturated carbocycles. The highest BCUT2D eigenvalue weighted by Crippen LogP contribution is 2.07. The highest BCUT2D eigenvalue weighted by molar-refractivity contribution is 5.31. The maximum atomic E-state index is 4.20. The van der Waals surface area contributed by atoms with Gasteiger partial charge in [-0.05, 0) is 18.2 Å². The Morgan fingerprint density at radius 1 is 1.33 bits per heavy atom. The first-order chi connectivity index (χ1) is 7.40. The van der Waals surface area contributed by atoms with Gasteiger partial charge < -0.3 is 9.88 Å². The van der Waals surface area contributed by atoms with Gasteiger partial charge in [-0.25, -0.2) is 4.98 Å². The van der Waals surface area contributed by atoms with Crippen molar-refractivity contribution in [2.75, 3.05) is 6.54 Å². The standard InChI is InChI=1S/C11H14N4/c1-2-12-6-10-5-11(8-14-7-10)15-4-3-13-9-15/h3-5,7-9,12H,2,6H2,1H3. The van der Waals surface area contributed by atoms with Crippen LogP contribution in [-0.4, -0.2) is 21.1 Å². The van der Waals surface area contributed by atoms with E-state index in [1.807, 2.05) is 23.2 Å². The zero-order valence-electron chi connectivity index (χ0n) is 8.72. The molecule has 4 heteroatoms. The number of rotatable bonds is 4. The maximum absolute atomic E-state index is 4.20. The molecule has 2 heterocycles. The summed E-state index contributed by atoms with van der Waals surface area (Å²) in [5, 5.41) is 3.27. The predicted octanol–water partition coefficient (Wildman–Crippen LogP) is 1.38. The molecule has 0 unspecified atom stereocenters. The van der Waals surface area contributed by atoms with Crippen LogP contribution in [0.25, 0.3) is 5.69 Å². The minimum atomic E-state index is 0.853. The van der Waals surface area contributed by atoms with Crippen molar-refractivity contribution in [2.24, 2.45) is 0 Å². The van der Waals surface area contributed by atoms with Crippen LogP contribution in [0.5, 0.6) is 0 Å². The molecule has 0 amide bonds. The second-order valence-corrected chi connectivity index (χ2v) is 3.30. The van der Waals surface area contributed by atoms with Gasteiger partial charge in [-0.1, -0.05) is 6.92 Å². The highest BCUT2D eigenvalue weighted by Gasteiger charge is 1.97. The molecule has 0 spiro atoms. The monoisotopic (exact) mass is 202 g/mol. The number of imidazole rings is 1. The Labute approximate surface area is 89.0 Å². The van der Waals surface area contributed by atoms with Crippen LogP contribution in [0.15, 0.2) is 37.2 Å². The van der Waals surface area contributed by atoms with Gasteiger partial charge in [0.1, 0.15) is 0 Å². The molecule has 1 N–H and O–H groups in total. The lowest BCUT2D eigenvalue weighted by molar-refractivity contribution is 0.723. The number of nitrogens with one attached hydrogen (secondary N) is 1. The SMILES string of the molecule is CCNCc1cncc(-n2ccnc2)c1. The Hall–Kier alpha value is -1.68. The third kappa shape index (κ3) is 2.41. The molecule has 0 aliphatic heterocycles. The van der Waals surface area contributed by atoms with E-state index in [-0.39, 0.29) is 0 Å². The van der Waals surface area contributed by atoms with E-state index in [1.54, 1.807) is 12.5 Å². The first kappa shape index (κ1) is 9.86. The molecule has 0 aliphatic rings. The van der Waals surface area contributed by atoms with Crippen LogP contribution in [0.1, 0.15) is 12.5 Å². The van der Waals surface area contributed by atoms with Gasteiger partial charge in [0, 0.05) is 25.1 Å². The van der Waals surface area contributed by atoms with Gasteiger partial charge in [0.05, 0.1) is 18.2 Å². The molecular formula is C11H14N4. The molecule has 0 fully saturated rings. The van der Waals surface area contributed by atoms with Gasteiger partial charge in [-0.3, -0.25) is 4.98 Å². The number of hydrogen-bond acceptors (Lipinski definition) is 3. The Balaban J connectivity index is 2.19. The van der Waals surface area contributed by atoms with Crippen molar-refractivity contribution in [2.45, 2.75) is 13.5 Å². The number of pyridine rings is 1. The largest absolute Gasteiger partial charge is 0.313 e. The molecule has 0 aliphatic carbocycles. The lowest BCUT2D eigenvalue weighted by Gasteiger charge is -2.05. The van der Waals surface area contributed by atoms with Crippen LogP contribution in [0, 0.1) is 0 Å². The van der Waals surface area contributed by atoms with Gasteiger partial charge in [-0.15, -0.1) is 0 Å². The van der Waals surface area contributed by atoms with E-state index in [4.69, 9.17) is 0 Å². The average molecular weight is 202 g/mol. The van der Waals surface area contributed by atoms with Gasteiger partial charge >= 0.3 is 0 Å². The molecular weight excluding hydrogens is 188 g/mol. The first-order valence-electron chi connectivity index (χ1n) is 5.03. The fourth-order valence-electron chi connectivity index (χ4n) is 1.39. The van der Waals surface area contributed by atoms with Crippen molar-refractivity contribution in [3.63, 3.8) is 0 Å². The van der Waals surface area contributed by atoms with E-state index in [2.05, 4.69) is 28.3 Å². The smallest absolute Gasteiger partial charge is 0.0992 e. The van der Waals surface area contributed by atoms with Gasteiger partial charge in [0.15, 0.2) is 0 Å². The molecule has 2 rings (SSSR count). The normalized spacial score (nSPS) is 10.5. The van der Waals surface area contributed by atoms with Crippen LogP contribution in [-0.2, 0) is 6.54 Å². The molecule has 0 radical (unpaired) electrons. The predicted molar refractivity (Wildman–Crippen MR) is 58.7 cm³/mol. The van der Waals surface area contributed by atoms with Crippen molar-refractivity contribution in [1.82, 2.24) is 19.9 Å². The summed E-state index contributed by atoms with van der Waals surface area (Å²) in [5.41, 5.74) is 2.23. The molecule has 0 atom stereocenters. The Kier molecular flexibility index (Phi) is 3.09. The third-order valence-electron chi connectivity index (χ3n) is 2.16.